The van der Waals surface area contributed by atoms with Gasteiger partial charge in [0.2, 0.25) is 0 Å². The molecule has 0 bridgehead atoms. The summed E-state index contributed by atoms with van der Waals surface area (Å²) >= 11 is 0. The van der Waals surface area contributed by atoms with Crippen molar-refractivity contribution in [3.05, 3.63) is 29.6 Å². The van der Waals surface area contributed by atoms with Crippen molar-refractivity contribution in [3.8, 4) is 0 Å². The fourth-order valence-electron chi connectivity index (χ4n) is 2.48. The summed E-state index contributed by atoms with van der Waals surface area (Å²) in [5.74, 6) is 1.78. The number of aromatic nitrogens is 2. The number of aryl methyl sites for hydroxylation is 1. The molecule has 1 aromatic carbocycles. The third-order valence-electron chi connectivity index (χ3n) is 3.46. The van der Waals surface area contributed by atoms with Gasteiger partial charge in [-0.15, -0.1) is 12.4 Å². The molecule has 92 valence electrons. The Morgan fingerprint density at radius 1 is 1.24 bits per heavy atom. The van der Waals surface area contributed by atoms with E-state index < -0.39 is 0 Å². The van der Waals surface area contributed by atoms with E-state index in [1.165, 1.54) is 29.7 Å². The van der Waals surface area contributed by atoms with Gasteiger partial charge in [-0.05, 0) is 44.5 Å². The van der Waals surface area contributed by atoms with E-state index in [2.05, 4.69) is 35.4 Å². The van der Waals surface area contributed by atoms with E-state index in [0.29, 0.717) is 5.92 Å². The first-order valence-corrected chi connectivity index (χ1v) is 6.00. The fourth-order valence-corrected chi connectivity index (χ4v) is 2.48. The van der Waals surface area contributed by atoms with Gasteiger partial charge in [-0.1, -0.05) is 12.1 Å². The van der Waals surface area contributed by atoms with Crippen molar-refractivity contribution in [3.63, 3.8) is 0 Å². The highest BCUT2D eigenvalue weighted by Crippen LogP contribution is 2.25. The minimum Gasteiger partial charge on any atom is -0.342 e. The average Bonchev–Trinajstić information content (AvgIpc) is 2.76. The minimum atomic E-state index is 0. The Balaban J connectivity index is 0.00000108. The number of halogens is 1. The molecule has 3 rings (SSSR count). The third-order valence-corrected chi connectivity index (χ3v) is 3.46. The number of hydrogen-bond donors (Lipinski definition) is 2. The Hall–Kier alpha value is -1.06. The summed E-state index contributed by atoms with van der Waals surface area (Å²) < 4.78 is 0. The number of fused-ring (bicyclic) bond motifs is 1. The van der Waals surface area contributed by atoms with E-state index in [1.54, 1.807) is 0 Å². The number of hydrogen-bond acceptors (Lipinski definition) is 2. The predicted molar refractivity (Wildman–Crippen MR) is 72.9 cm³/mol. The van der Waals surface area contributed by atoms with Crippen molar-refractivity contribution in [2.24, 2.45) is 0 Å². The van der Waals surface area contributed by atoms with Gasteiger partial charge < -0.3 is 10.3 Å². The van der Waals surface area contributed by atoms with E-state index in [0.717, 1.165) is 18.6 Å². The summed E-state index contributed by atoms with van der Waals surface area (Å²) in [6.07, 6.45) is 2.39. The number of H-pyrrole nitrogens is 1. The van der Waals surface area contributed by atoms with E-state index in [9.17, 15) is 0 Å². The zero-order valence-electron chi connectivity index (χ0n) is 9.99. The number of para-hydroxylation sites is 1. The average molecular weight is 252 g/mol. The molecule has 1 fully saturated rings. The molecule has 0 unspecified atom stereocenters. The lowest BCUT2D eigenvalue weighted by atomic mass is 9.98. The van der Waals surface area contributed by atoms with Crippen LogP contribution in [0, 0.1) is 6.92 Å². The van der Waals surface area contributed by atoms with Gasteiger partial charge >= 0.3 is 0 Å². The number of aromatic amines is 1. The molecule has 2 N–H and O–H groups in total. The van der Waals surface area contributed by atoms with Crippen LogP contribution in [0.1, 0.15) is 30.1 Å². The highest BCUT2D eigenvalue weighted by Gasteiger charge is 2.18. The van der Waals surface area contributed by atoms with Crippen molar-refractivity contribution >= 4 is 23.4 Å². The van der Waals surface area contributed by atoms with Crippen LogP contribution >= 0.6 is 12.4 Å². The summed E-state index contributed by atoms with van der Waals surface area (Å²) in [6.45, 7) is 4.34. The molecule has 0 atom stereocenters. The minimum absolute atomic E-state index is 0. The summed E-state index contributed by atoms with van der Waals surface area (Å²) in [5.41, 5.74) is 3.57. The van der Waals surface area contributed by atoms with Crippen LogP contribution < -0.4 is 5.32 Å². The normalized spacial score (nSPS) is 17.0. The smallest absolute Gasteiger partial charge is 0.110 e. The van der Waals surface area contributed by atoms with Crippen LogP contribution in [0.25, 0.3) is 11.0 Å². The van der Waals surface area contributed by atoms with Crippen molar-refractivity contribution in [1.82, 2.24) is 15.3 Å². The van der Waals surface area contributed by atoms with Gasteiger partial charge in [0.15, 0.2) is 0 Å². The maximum Gasteiger partial charge on any atom is 0.110 e. The molecule has 0 aliphatic carbocycles. The van der Waals surface area contributed by atoms with Crippen LogP contribution in [0.4, 0.5) is 0 Å². The summed E-state index contributed by atoms with van der Waals surface area (Å²) in [5, 5.41) is 3.39. The molecule has 0 radical (unpaired) electrons. The fraction of sp³-hybridized carbons (Fsp3) is 0.462. The molecule has 3 nitrogen and oxygen atoms in total. The lowest BCUT2D eigenvalue weighted by molar-refractivity contribution is 0.448. The second kappa shape index (κ2) is 5.07. The number of nitrogens with zero attached hydrogens (tertiary/aromatic N) is 1. The highest BCUT2D eigenvalue weighted by atomic mass is 35.5. The zero-order chi connectivity index (χ0) is 11.0. The molecular formula is C13H18ClN3. The van der Waals surface area contributed by atoms with Gasteiger partial charge in [0.1, 0.15) is 5.82 Å². The quantitative estimate of drug-likeness (QED) is 0.818. The van der Waals surface area contributed by atoms with Crippen LogP contribution in [0.2, 0.25) is 0 Å². The van der Waals surface area contributed by atoms with Crippen molar-refractivity contribution in [2.75, 3.05) is 13.1 Å². The van der Waals surface area contributed by atoms with E-state index in [1.807, 2.05) is 0 Å². The van der Waals surface area contributed by atoms with Gasteiger partial charge in [0, 0.05) is 5.92 Å². The Morgan fingerprint density at radius 3 is 2.71 bits per heavy atom. The van der Waals surface area contributed by atoms with Crippen LogP contribution in [-0.4, -0.2) is 23.1 Å². The molecule has 2 aromatic rings. The van der Waals surface area contributed by atoms with Gasteiger partial charge in [-0.3, -0.25) is 0 Å². The molecule has 0 amide bonds. The van der Waals surface area contributed by atoms with Crippen LogP contribution in [0.5, 0.6) is 0 Å². The Labute approximate surface area is 107 Å². The molecule has 1 aliphatic rings. The van der Waals surface area contributed by atoms with Crippen LogP contribution in [0.15, 0.2) is 18.2 Å². The number of nitrogens with one attached hydrogen (secondary N) is 2. The maximum atomic E-state index is 4.75. The van der Waals surface area contributed by atoms with Gasteiger partial charge in [0.05, 0.1) is 11.0 Å². The second-order valence-electron chi connectivity index (χ2n) is 4.62. The standard InChI is InChI=1S/C13H17N3.ClH/c1-9-3-2-4-11-12(9)16-13(15-11)10-5-7-14-8-6-10;/h2-4,10,14H,5-8H2,1H3,(H,15,16);1H. The molecule has 0 spiro atoms. The maximum absolute atomic E-state index is 4.75. The number of rotatable bonds is 1. The Morgan fingerprint density at radius 2 is 2.00 bits per heavy atom. The van der Waals surface area contributed by atoms with Crippen LogP contribution in [0.3, 0.4) is 0 Å². The van der Waals surface area contributed by atoms with Crippen molar-refractivity contribution < 1.29 is 0 Å². The molecular weight excluding hydrogens is 234 g/mol. The van der Waals surface area contributed by atoms with Crippen LogP contribution in [-0.2, 0) is 0 Å². The number of piperidine rings is 1. The predicted octanol–water partition coefficient (Wildman–Crippen LogP) is 2.76. The first-order valence-electron chi connectivity index (χ1n) is 6.00. The molecule has 4 heteroatoms. The monoisotopic (exact) mass is 251 g/mol. The Kier molecular flexibility index (Phi) is 3.69. The molecule has 1 saturated heterocycles. The molecule has 17 heavy (non-hydrogen) atoms. The first kappa shape index (κ1) is 12.4. The summed E-state index contributed by atoms with van der Waals surface area (Å²) in [4.78, 5) is 8.22. The number of imidazole rings is 1. The largest absolute Gasteiger partial charge is 0.342 e. The topological polar surface area (TPSA) is 40.7 Å². The molecule has 2 heterocycles. The third kappa shape index (κ3) is 2.31. The number of benzene rings is 1. The van der Waals surface area contributed by atoms with E-state index >= 15 is 0 Å². The lowest BCUT2D eigenvalue weighted by Crippen LogP contribution is -2.27. The van der Waals surface area contributed by atoms with Gasteiger partial charge in [-0.2, -0.15) is 0 Å². The van der Waals surface area contributed by atoms with Gasteiger partial charge in [-0.25, -0.2) is 4.98 Å². The zero-order valence-corrected chi connectivity index (χ0v) is 10.8. The SMILES string of the molecule is Cc1cccc2[nH]c(C3CCNCC3)nc12.Cl. The van der Waals surface area contributed by atoms with E-state index in [-0.39, 0.29) is 12.4 Å². The van der Waals surface area contributed by atoms with Crippen molar-refractivity contribution in [2.45, 2.75) is 25.7 Å². The van der Waals surface area contributed by atoms with E-state index in [4.69, 9.17) is 4.98 Å². The highest BCUT2D eigenvalue weighted by molar-refractivity contribution is 5.85. The van der Waals surface area contributed by atoms with Gasteiger partial charge in [0.25, 0.3) is 0 Å². The second-order valence-corrected chi connectivity index (χ2v) is 4.62. The summed E-state index contributed by atoms with van der Waals surface area (Å²) in [7, 11) is 0. The molecule has 1 aromatic heterocycles. The Bertz CT molecular complexity index is 500. The molecule has 1 aliphatic heterocycles. The molecule has 0 saturated carbocycles. The lowest BCUT2D eigenvalue weighted by Gasteiger charge is -2.20. The van der Waals surface area contributed by atoms with Crippen molar-refractivity contribution in [1.29, 1.82) is 0 Å². The first-order chi connectivity index (χ1) is 7.84. The summed E-state index contributed by atoms with van der Waals surface area (Å²) in [6, 6.07) is 6.32.